The van der Waals surface area contributed by atoms with Gasteiger partial charge in [-0.3, -0.25) is 0 Å². The summed E-state index contributed by atoms with van der Waals surface area (Å²) in [5.74, 6) is 0.0156. The van der Waals surface area contributed by atoms with Crippen LogP contribution in [0.5, 0.6) is 5.75 Å². The fraction of sp³-hybridized carbons (Fsp3) is 0.500. The third-order valence-electron chi connectivity index (χ3n) is 3.44. The van der Waals surface area contributed by atoms with Crippen LogP contribution >= 0.6 is 0 Å². The van der Waals surface area contributed by atoms with Gasteiger partial charge < -0.3 is 14.6 Å². The molecule has 1 saturated heterocycles. The summed E-state index contributed by atoms with van der Waals surface area (Å²) in [7, 11) is 0. The minimum absolute atomic E-state index is 0.0156. The number of ether oxygens (including phenoxy) is 2. The molecule has 0 amide bonds. The van der Waals surface area contributed by atoms with Gasteiger partial charge in [-0.05, 0) is 30.5 Å². The van der Waals surface area contributed by atoms with Crippen LogP contribution in [0.25, 0.3) is 0 Å². The number of rotatable bonds is 4. The lowest BCUT2D eigenvalue weighted by Gasteiger charge is -2.34. The maximum absolute atomic E-state index is 12.1. The number of nitriles is 1. The number of hydrogen-bond donors (Lipinski definition) is 1. The maximum atomic E-state index is 12.1. The van der Waals surface area contributed by atoms with E-state index in [2.05, 4.69) is 10.8 Å². The lowest BCUT2D eigenvalue weighted by atomic mass is 9.76. The standard InChI is InChI=1S/C14H15F2NO3/c15-13(16)20-11-4-2-10(3-5-11)12(18)14(8-17)6-1-7-19-9-14/h2-5,12-13,18H,1,6-7,9H2. The summed E-state index contributed by atoms with van der Waals surface area (Å²) >= 11 is 0. The first-order valence-corrected chi connectivity index (χ1v) is 6.29. The number of benzene rings is 1. The van der Waals surface area contributed by atoms with Gasteiger partial charge in [0.15, 0.2) is 0 Å². The summed E-state index contributed by atoms with van der Waals surface area (Å²) in [6.45, 7) is -2.14. The van der Waals surface area contributed by atoms with Crippen molar-refractivity contribution < 1.29 is 23.4 Å². The lowest BCUT2D eigenvalue weighted by molar-refractivity contribution is -0.0517. The van der Waals surface area contributed by atoms with Gasteiger partial charge in [-0.1, -0.05) is 12.1 Å². The van der Waals surface area contributed by atoms with Crippen LogP contribution in [-0.4, -0.2) is 24.9 Å². The van der Waals surface area contributed by atoms with E-state index >= 15 is 0 Å². The summed E-state index contributed by atoms with van der Waals surface area (Å²) in [5.41, 5.74) is -0.498. The minimum atomic E-state index is -2.89. The highest BCUT2D eigenvalue weighted by atomic mass is 19.3. The van der Waals surface area contributed by atoms with Crippen LogP contribution in [-0.2, 0) is 4.74 Å². The molecule has 20 heavy (non-hydrogen) atoms. The summed E-state index contributed by atoms with van der Waals surface area (Å²) in [4.78, 5) is 0. The van der Waals surface area contributed by atoms with E-state index in [1.807, 2.05) is 0 Å². The zero-order valence-electron chi connectivity index (χ0n) is 10.8. The second-order valence-electron chi connectivity index (χ2n) is 4.77. The molecule has 1 aliphatic heterocycles. The van der Waals surface area contributed by atoms with E-state index in [4.69, 9.17) is 4.74 Å². The average molecular weight is 283 g/mol. The van der Waals surface area contributed by atoms with E-state index in [0.29, 0.717) is 25.0 Å². The fourth-order valence-corrected chi connectivity index (χ4v) is 2.33. The van der Waals surface area contributed by atoms with Gasteiger partial charge in [-0.15, -0.1) is 0 Å². The van der Waals surface area contributed by atoms with Crippen molar-refractivity contribution in [3.8, 4) is 11.8 Å². The van der Waals surface area contributed by atoms with Crippen molar-refractivity contribution >= 4 is 0 Å². The third-order valence-corrected chi connectivity index (χ3v) is 3.44. The number of halogens is 2. The molecule has 2 atom stereocenters. The summed E-state index contributed by atoms with van der Waals surface area (Å²) in [6, 6.07) is 7.79. The van der Waals surface area contributed by atoms with E-state index in [9.17, 15) is 19.1 Å². The van der Waals surface area contributed by atoms with Crippen LogP contribution < -0.4 is 4.74 Å². The van der Waals surface area contributed by atoms with Crippen molar-refractivity contribution in [2.45, 2.75) is 25.6 Å². The second-order valence-corrected chi connectivity index (χ2v) is 4.77. The molecule has 2 rings (SSSR count). The lowest BCUT2D eigenvalue weighted by Crippen LogP contribution is -2.36. The Hall–Kier alpha value is -1.71. The average Bonchev–Trinajstić information content (AvgIpc) is 2.47. The molecule has 1 N–H and O–H groups in total. The van der Waals surface area contributed by atoms with Crippen molar-refractivity contribution in [2.75, 3.05) is 13.2 Å². The first kappa shape index (κ1) is 14.7. The number of alkyl halides is 2. The van der Waals surface area contributed by atoms with E-state index in [0.717, 1.165) is 0 Å². The minimum Gasteiger partial charge on any atom is -0.435 e. The molecule has 6 heteroatoms. The van der Waals surface area contributed by atoms with E-state index in [1.54, 1.807) is 0 Å². The number of hydrogen-bond acceptors (Lipinski definition) is 4. The molecular formula is C14H15F2NO3. The Bertz CT molecular complexity index is 478. The van der Waals surface area contributed by atoms with Gasteiger partial charge in [-0.2, -0.15) is 14.0 Å². The SMILES string of the molecule is N#CC1(C(O)c2ccc(OC(F)F)cc2)CCCOC1. The van der Waals surface area contributed by atoms with E-state index < -0.39 is 18.1 Å². The van der Waals surface area contributed by atoms with Crippen molar-refractivity contribution in [2.24, 2.45) is 5.41 Å². The van der Waals surface area contributed by atoms with Gasteiger partial charge in [-0.25, -0.2) is 0 Å². The smallest absolute Gasteiger partial charge is 0.387 e. The Labute approximate surface area is 115 Å². The number of aliphatic hydroxyl groups is 1. The highest BCUT2D eigenvalue weighted by molar-refractivity contribution is 5.31. The number of aliphatic hydroxyl groups excluding tert-OH is 1. The molecule has 0 saturated carbocycles. The van der Waals surface area contributed by atoms with Crippen molar-refractivity contribution in [3.05, 3.63) is 29.8 Å². The van der Waals surface area contributed by atoms with Gasteiger partial charge in [0.25, 0.3) is 0 Å². The molecule has 1 heterocycles. The molecule has 2 unspecified atom stereocenters. The molecule has 1 aliphatic rings. The maximum Gasteiger partial charge on any atom is 0.387 e. The molecule has 0 aliphatic carbocycles. The van der Waals surface area contributed by atoms with Crippen LogP contribution in [0, 0.1) is 16.7 Å². The van der Waals surface area contributed by atoms with Gasteiger partial charge in [0, 0.05) is 6.61 Å². The highest BCUT2D eigenvalue weighted by Crippen LogP contribution is 2.40. The predicted molar refractivity (Wildman–Crippen MR) is 66.1 cm³/mol. The topological polar surface area (TPSA) is 62.5 Å². The Morgan fingerprint density at radius 2 is 2.05 bits per heavy atom. The zero-order chi connectivity index (χ0) is 14.6. The second kappa shape index (κ2) is 6.16. The Kier molecular flexibility index (Phi) is 4.53. The van der Waals surface area contributed by atoms with Crippen molar-refractivity contribution in [1.29, 1.82) is 5.26 Å². The molecule has 1 aromatic carbocycles. The van der Waals surface area contributed by atoms with Crippen LogP contribution in [0.2, 0.25) is 0 Å². The molecule has 4 nitrogen and oxygen atoms in total. The first-order valence-electron chi connectivity index (χ1n) is 6.29. The molecule has 0 aromatic heterocycles. The van der Waals surface area contributed by atoms with Gasteiger partial charge >= 0.3 is 6.61 Å². The fourth-order valence-electron chi connectivity index (χ4n) is 2.33. The molecule has 1 aromatic rings. The Morgan fingerprint density at radius 3 is 2.55 bits per heavy atom. The van der Waals surface area contributed by atoms with E-state index in [-0.39, 0.29) is 12.4 Å². The van der Waals surface area contributed by atoms with Crippen molar-refractivity contribution in [1.82, 2.24) is 0 Å². The van der Waals surface area contributed by atoms with Crippen LogP contribution in [0.1, 0.15) is 24.5 Å². The first-order chi connectivity index (χ1) is 9.57. The largest absolute Gasteiger partial charge is 0.435 e. The molecule has 0 bridgehead atoms. The molecule has 1 fully saturated rings. The van der Waals surface area contributed by atoms with E-state index in [1.165, 1.54) is 24.3 Å². The molecule has 0 spiro atoms. The third kappa shape index (κ3) is 3.06. The summed E-state index contributed by atoms with van der Waals surface area (Å²) < 4.78 is 33.6. The molecular weight excluding hydrogens is 268 g/mol. The highest BCUT2D eigenvalue weighted by Gasteiger charge is 2.41. The Balaban J connectivity index is 2.15. The zero-order valence-corrected chi connectivity index (χ0v) is 10.8. The Morgan fingerprint density at radius 1 is 1.35 bits per heavy atom. The normalized spacial score (nSPS) is 24.1. The van der Waals surface area contributed by atoms with Gasteiger partial charge in [0.2, 0.25) is 0 Å². The predicted octanol–water partition coefficient (Wildman–Crippen LogP) is 2.64. The van der Waals surface area contributed by atoms with Gasteiger partial charge in [0.1, 0.15) is 11.2 Å². The van der Waals surface area contributed by atoms with Crippen LogP contribution in [0.4, 0.5) is 8.78 Å². The van der Waals surface area contributed by atoms with Crippen LogP contribution in [0.3, 0.4) is 0 Å². The number of nitrogens with zero attached hydrogens (tertiary/aromatic N) is 1. The quantitative estimate of drug-likeness (QED) is 0.922. The van der Waals surface area contributed by atoms with Crippen molar-refractivity contribution in [3.63, 3.8) is 0 Å². The summed E-state index contributed by atoms with van der Waals surface area (Å²) in [6.07, 6.45) is 0.227. The van der Waals surface area contributed by atoms with Gasteiger partial charge in [0.05, 0.1) is 18.8 Å². The monoisotopic (exact) mass is 283 g/mol. The molecule has 0 radical (unpaired) electrons. The summed E-state index contributed by atoms with van der Waals surface area (Å²) in [5, 5.41) is 19.7. The van der Waals surface area contributed by atoms with Crippen LogP contribution in [0.15, 0.2) is 24.3 Å². The molecule has 108 valence electrons.